The number of aliphatic carboxylic acids is 5. The lowest BCUT2D eigenvalue weighted by atomic mass is 9.83. The van der Waals surface area contributed by atoms with Crippen LogP contribution < -0.4 is 36.1 Å². The standard InChI is InChI=1S/C48H61N7O16/c1-28-8-13-33(70-3)19-30(28)24-49-26-48(2,27-50-25-31-20-34(71-4)14-16-39(31)56)23-29-9-11-32(12-10-29)52-38(22-42(61)62)44(64)53-37(21-41(59)60)43(63)51-18-6-5-7-35(45(65)66)54-47(69)55-36(46(67)68)15-17-40(57)58/h8-14,16,19-20,24-25,35-38,52,56H,5-7,15,17-18,21-23,26-27H2,1-4H3,(H,51,63)(H,53,64)(H,57,58)(H,59,60)(H,61,62)(H,65,66)(H,67,68)(H2,54,55,69)/b49-24+,50-25-. The number of aromatic hydroxyl groups is 1. The van der Waals surface area contributed by atoms with E-state index in [0.29, 0.717) is 35.7 Å². The van der Waals surface area contributed by atoms with Gasteiger partial charge in [0.05, 0.1) is 27.1 Å². The first-order valence-electron chi connectivity index (χ1n) is 22.2. The zero-order valence-electron chi connectivity index (χ0n) is 39.7. The first-order valence-corrected chi connectivity index (χ1v) is 22.2. The molecule has 4 amide bonds. The maximum atomic E-state index is 13.5. The van der Waals surface area contributed by atoms with Gasteiger partial charge >= 0.3 is 35.9 Å². The molecule has 0 spiro atoms. The molecule has 3 rings (SSSR count). The van der Waals surface area contributed by atoms with Gasteiger partial charge in [-0.1, -0.05) is 25.1 Å². The van der Waals surface area contributed by atoms with Gasteiger partial charge < -0.3 is 66.7 Å². The van der Waals surface area contributed by atoms with Crippen molar-refractivity contribution in [3.8, 4) is 17.2 Å². The molecule has 0 heterocycles. The van der Waals surface area contributed by atoms with Crippen LogP contribution in [0.5, 0.6) is 17.2 Å². The van der Waals surface area contributed by atoms with E-state index in [1.54, 1.807) is 55.9 Å². The molecule has 0 saturated carbocycles. The number of nitrogens with one attached hydrogen (secondary N) is 5. The number of carbonyl (C=O) groups is 8. The fourth-order valence-corrected chi connectivity index (χ4v) is 6.94. The number of urea groups is 1. The van der Waals surface area contributed by atoms with Gasteiger partial charge in [-0.15, -0.1) is 0 Å². The molecule has 0 radical (unpaired) electrons. The summed E-state index contributed by atoms with van der Waals surface area (Å²) in [5, 5.41) is 69.0. The molecule has 0 fully saturated rings. The summed E-state index contributed by atoms with van der Waals surface area (Å²) >= 11 is 0. The first kappa shape index (κ1) is 57.1. The molecule has 3 aromatic carbocycles. The number of hydrogen-bond acceptors (Lipinski definition) is 14. The van der Waals surface area contributed by atoms with Crippen molar-refractivity contribution >= 4 is 65.8 Å². The summed E-state index contributed by atoms with van der Waals surface area (Å²) in [6.45, 7) is 4.44. The van der Waals surface area contributed by atoms with Crippen molar-refractivity contribution in [3.63, 3.8) is 0 Å². The van der Waals surface area contributed by atoms with E-state index < -0.39 is 103 Å². The molecule has 5 atom stereocenters. The minimum Gasteiger partial charge on any atom is -0.507 e. The van der Waals surface area contributed by atoms with E-state index in [1.807, 2.05) is 37.4 Å². The molecular formula is C48H61N7O16. The Bertz CT molecular complexity index is 2340. The van der Waals surface area contributed by atoms with Gasteiger partial charge in [0.25, 0.3) is 0 Å². The quantitative estimate of drug-likeness (QED) is 0.0326. The normalized spacial score (nSPS) is 13.7. The van der Waals surface area contributed by atoms with E-state index in [9.17, 15) is 63.9 Å². The topological polar surface area (TPSA) is 361 Å². The van der Waals surface area contributed by atoms with Crippen LogP contribution in [0.2, 0.25) is 0 Å². The third-order valence-corrected chi connectivity index (χ3v) is 10.8. The van der Waals surface area contributed by atoms with Gasteiger partial charge in [0.15, 0.2) is 0 Å². The van der Waals surface area contributed by atoms with Gasteiger partial charge in [0, 0.05) is 55.2 Å². The predicted molar refractivity (Wildman–Crippen MR) is 258 cm³/mol. The van der Waals surface area contributed by atoms with Crippen LogP contribution in [0.3, 0.4) is 0 Å². The second kappa shape index (κ2) is 28.3. The van der Waals surface area contributed by atoms with Gasteiger partial charge in [0.1, 0.15) is 41.4 Å². The Morgan fingerprint density at radius 2 is 1.20 bits per heavy atom. The van der Waals surface area contributed by atoms with E-state index >= 15 is 0 Å². The Morgan fingerprint density at radius 1 is 0.648 bits per heavy atom. The molecule has 11 N–H and O–H groups in total. The fourth-order valence-electron chi connectivity index (χ4n) is 6.94. The molecule has 0 saturated heterocycles. The number of rotatable bonds is 31. The molecule has 5 unspecified atom stereocenters. The van der Waals surface area contributed by atoms with Gasteiger partial charge in [-0.25, -0.2) is 14.4 Å². The second-order valence-electron chi connectivity index (χ2n) is 16.8. The molecule has 0 aliphatic heterocycles. The zero-order valence-corrected chi connectivity index (χ0v) is 39.7. The maximum absolute atomic E-state index is 13.5. The lowest BCUT2D eigenvalue weighted by molar-refractivity contribution is -0.142. The van der Waals surface area contributed by atoms with Gasteiger partial charge in [-0.2, -0.15) is 0 Å². The number of methoxy groups -OCH3 is 2. The van der Waals surface area contributed by atoms with E-state index in [4.69, 9.17) is 19.6 Å². The van der Waals surface area contributed by atoms with Crippen molar-refractivity contribution < 1.29 is 78.5 Å². The molecule has 23 heteroatoms. The monoisotopic (exact) mass is 991 g/mol. The summed E-state index contributed by atoms with van der Waals surface area (Å²) in [7, 11) is 3.09. The number of ether oxygens (including phenoxy) is 2. The van der Waals surface area contributed by atoms with Crippen LogP contribution in [-0.4, -0.2) is 149 Å². The van der Waals surface area contributed by atoms with E-state index in [2.05, 4.69) is 26.3 Å². The molecule has 0 aliphatic carbocycles. The minimum absolute atomic E-state index is 0.0229. The number of amides is 4. The molecule has 0 bridgehead atoms. The molecule has 384 valence electrons. The molecule has 0 aromatic heterocycles. The van der Waals surface area contributed by atoms with Gasteiger partial charge in [0.2, 0.25) is 11.8 Å². The van der Waals surface area contributed by atoms with Gasteiger partial charge in [-0.05, 0) is 98.2 Å². The minimum atomic E-state index is -1.65. The second-order valence-corrected chi connectivity index (χ2v) is 16.8. The highest BCUT2D eigenvalue weighted by atomic mass is 16.5. The fraction of sp³-hybridized carbons (Fsp3) is 0.417. The third-order valence-electron chi connectivity index (χ3n) is 10.8. The highest BCUT2D eigenvalue weighted by molar-refractivity contribution is 5.95. The summed E-state index contributed by atoms with van der Waals surface area (Å²) in [6, 6.07) is 9.88. The number of carboxylic acid groups (broad SMARTS) is 5. The third kappa shape index (κ3) is 20.5. The number of aliphatic imine (C=N–C) groups is 2. The number of nitrogens with zero attached hydrogens (tertiary/aromatic N) is 2. The summed E-state index contributed by atoms with van der Waals surface area (Å²) in [5.74, 6) is -7.79. The van der Waals surface area contributed by atoms with Gasteiger partial charge in [-0.3, -0.25) is 34.0 Å². The maximum Gasteiger partial charge on any atom is 0.326 e. The summed E-state index contributed by atoms with van der Waals surface area (Å²) < 4.78 is 10.7. The van der Waals surface area contributed by atoms with Crippen LogP contribution >= 0.6 is 0 Å². The average Bonchev–Trinajstić information content (AvgIpc) is 3.30. The first-order chi connectivity index (χ1) is 33.6. The highest BCUT2D eigenvalue weighted by Gasteiger charge is 2.30. The van der Waals surface area contributed by atoms with Crippen LogP contribution in [0.1, 0.15) is 74.1 Å². The largest absolute Gasteiger partial charge is 0.507 e. The Kier molecular flexibility index (Phi) is 22.8. The Labute approximate surface area is 408 Å². The molecule has 71 heavy (non-hydrogen) atoms. The number of carboxylic acids is 5. The molecule has 0 aliphatic rings. The predicted octanol–water partition coefficient (Wildman–Crippen LogP) is 3.08. The van der Waals surface area contributed by atoms with Crippen molar-refractivity contribution in [2.24, 2.45) is 15.4 Å². The number of unbranched alkanes of at least 4 members (excludes halogenated alkanes) is 1. The summed E-state index contributed by atoms with van der Waals surface area (Å²) in [5.41, 5.74) is 2.92. The zero-order chi connectivity index (χ0) is 52.7. The van der Waals surface area contributed by atoms with Crippen LogP contribution in [-0.2, 0) is 40.0 Å². The molecular weight excluding hydrogens is 931 g/mol. The number of carbonyl (C=O) groups excluding carboxylic acids is 3. The average molecular weight is 992 g/mol. The Balaban J connectivity index is 1.68. The van der Waals surface area contributed by atoms with Crippen LogP contribution in [0, 0.1) is 12.3 Å². The Hall–Kier alpha value is -8.24. The lowest BCUT2D eigenvalue weighted by Gasteiger charge is -2.26. The number of phenols is 1. The SMILES string of the molecule is COc1ccc(O)c(/C=N\CC(C)(C/N=C/c2cc(OC)ccc2C)Cc2ccc(NC(CC(=O)O)C(=O)NC(CC(=O)O)C(=O)NCCCCC(NC(=O)NC(CCC(=O)O)C(=O)O)C(=O)O)cc2)c1. The number of aryl methyl sites for hydroxylation is 1. The Morgan fingerprint density at radius 3 is 1.76 bits per heavy atom. The highest BCUT2D eigenvalue weighted by Crippen LogP contribution is 2.27. The number of hydrogen-bond donors (Lipinski definition) is 11. The van der Waals surface area contributed by atoms with Crippen LogP contribution in [0.15, 0.2) is 70.6 Å². The lowest BCUT2D eigenvalue weighted by Crippen LogP contribution is -2.52. The van der Waals surface area contributed by atoms with E-state index in [0.717, 1.165) is 16.7 Å². The molecule has 23 nitrogen and oxygen atoms in total. The van der Waals surface area contributed by atoms with E-state index in [-0.39, 0.29) is 38.1 Å². The van der Waals surface area contributed by atoms with Crippen LogP contribution in [0.25, 0.3) is 0 Å². The van der Waals surface area contributed by atoms with Crippen molar-refractivity contribution in [1.82, 2.24) is 21.3 Å². The molecule has 3 aromatic rings. The smallest absolute Gasteiger partial charge is 0.326 e. The van der Waals surface area contributed by atoms with Crippen LogP contribution in [0.4, 0.5) is 10.5 Å². The van der Waals surface area contributed by atoms with E-state index in [1.165, 1.54) is 13.2 Å². The summed E-state index contributed by atoms with van der Waals surface area (Å²) in [6.07, 6.45) is 1.14. The van der Waals surface area contributed by atoms with Crippen molar-refractivity contribution in [2.45, 2.75) is 89.4 Å². The van der Waals surface area contributed by atoms with Crippen molar-refractivity contribution in [2.75, 3.05) is 39.2 Å². The van der Waals surface area contributed by atoms with Crippen molar-refractivity contribution in [1.29, 1.82) is 0 Å². The number of anilines is 1. The number of benzene rings is 3. The van der Waals surface area contributed by atoms with Crippen molar-refractivity contribution in [3.05, 3.63) is 82.9 Å². The summed E-state index contributed by atoms with van der Waals surface area (Å²) in [4.78, 5) is 106. The number of phenolic OH excluding ortho intramolecular Hbond substituents is 1.